The summed E-state index contributed by atoms with van der Waals surface area (Å²) in [5, 5.41) is 14.4. The molecule has 0 bridgehead atoms. The number of nitrogens with zero attached hydrogens (tertiary/aromatic N) is 3. The zero-order valence-electron chi connectivity index (χ0n) is 21.0. The summed E-state index contributed by atoms with van der Waals surface area (Å²) in [6, 6.07) is 34.9. The van der Waals surface area contributed by atoms with E-state index in [0.29, 0.717) is 16.9 Å². The predicted molar refractivity (Wildman–Crippen MR) is 155 cm³/mol. The van der Waals surface area contributed by atoms with E-state index < -0.39 is 0 Å². The Hall–Kier alpha value is -5.17. The Labute approximate surface area is 222 Å². The normalized spacial score (nSPS) is 10.6. The summed E-state index contributed by atoms with van der Waals surface area (Å²) in [7, 11) is 2.01. The van der Waals surface area contributed by atoms with E-state index in [2.05, 4.69) is 37.9 Å². The highest BCUT2D eigenvalue weighted by Gasteiger charge is 2.12. The van der Waals surface area contributed by atoms with Crippen LogP contribution in [0.4, 0.5) is 28.4 Å². The average molecular weight is 501 g/mol. The second-order valence-corrected chi connectivity index (χ2v) is 8.96. The second-order valence-electron chi connectivity index (χ2n) is 8.96. The Balaban J connectivity index is 1.27. The maximum atomic E-state index is 13.1. The first kappa shape index (κ1) is 24.5. The Morgan fingerprint density at radius 3 is 2.42 bits per heavy atom. The number of nitrogen functional groups attached to an aromatic ring is 1. The molecule has 4 N–H and O–H groups in total. The fourth-order valence-corrected chi connectivity index (χ4v) is 4.12. The largest absolute Gasteiger partial charge is 0.397 e. The highest BCUT2D eigenvalue weighted by Crippen LogP contribution is 2.27. The zero-order chi connectivity index (χ0) is 26.3. The molecule has 0 aliphatic carbocycles. The number of anilines is 5. The van der Waals surface area contributed by atoms with Crippen LogP contribution in [0.1, 0.15) is 15.9 Å². The fraction of sp³-hybridized carbons (Fsp3) is 0.0645. The van der Waals surface area contributed by atoms with E-state index in [1.54, 1.807) is 12.3 Å². The number of rotatable bonds is 8. The molecule has 0 unspecified atom stereocenters. The Bertz CT molecular complexity index is 1520. The average Bonchev–Trinajstić information content (AvgIpc) is 2.96. The van der Waals surface area contributed by atoms with Crippen molar-refractivity contribution >= 4 is 34.3 Å². The summed E-state index contributed by atoms with van der Waals surface area (Å²) in [6.07, 6.45) is 1.65. The third-order valence-corrected chi connectivity index (χ3v) is 6.15. The van der Waals surface area contributed by atoms with Gasteiger partial charge in [-0.2, -0.15) is 10.2 Å². The van der Waals surface area contributed by atoms with Crippen LogP contribution in [-0.4, -0.2) is 23.2 Å². The quantitative estimate of drug-likeness (QED) is 0.215. The molecule has 0 spiro atoms. The van der Waals surface area contributed by atoms with Crippen molar-refractivity contribution in [1.82, 2.24) is 10.2 Å². The number of amides is 1. The van der Waals surface area contributed by atoms with Crippen LogP contribution >= 0.6 is 0 Å². The molecule has 7 nitrogen and oxygen atoms in total. The van der Waals surface area contributed by atoms with Gasteiger partial charge in [0.05, 0.1) is 17.1 Å². The number of nitrogens with one attached hydrogen (secondary N) is 2. The number of nitrogens with two attached hydrogens (primary N) is 1. The number of aromatic nitrogens is 2. The maximum Gasteiger partial charge on any atom is 0.255 e. The number of hydrogen-bond donors (Lipinski definition) is 3. The topological polar surface area (TPSA) is 96.2 Å². The lowest BCUT2D eigenvalue weighted by Crippen LogP contribution is -2.18. The molecule has 0 saturated carbocycles. The van der Waals surface area contributed by atoms with Crippen LogP contribution in [0.25, 0.3) is 11.3 Å². The lowest BCUT2D eigenvalue weighted by molar-refractivity contribution is 0.102. The van der Waals surface area contributed by atoms with Crippen molar-refractivity contribution < 1.29 is 4.79 Å². The van der Waals surface area contributed by atoms with Gasteiger partial charge in [0.2, 0.25) is 0 Å². The summed E-state index contributed by atoms with van der Waals surface area (Å²) >= 11 is 0. The molecule has 1 heterocycles. The van der Waals surface area contributed by atoms with Gasteiger partial charge in [-0.05, 0) is 66.2 Å². The lowest BCUT2D eigenvalue weighted by Gasteiger charge is -2.21. The zero-order valence-corrected chi connectivity index (χ0v) is 21.0. The standard InChI is InChI=1S/C31H28N6O/c1-37(21-22-7-3-2-4-8-22)27-16-17-28(32)30(20-27)35-31(38)24-9-5-10-26(19-24)34-25-14-12-23(13-15-25)29-11-6-18-33-36-29/h2-20,34H,21,32H2,1H3,(H,35,38). The molecule has 1 amide bonds. The minimum atomic E-state index is -0.235. The van der Waals surface area contributed by atoms with Crippen LogP contribution in [0.5, 0.6) is 0 Å². The third-order valence-electron chi connectivity index (χ3n) is 6.15. The van der Waals surface area contributed by atoms with Crippen molar-refractivity contribution in [3.05, 3.63) is 127 Å². The summed E-state index contributed by atoms with van der Waals surface area (Å²) in [6.45, 7) is 0.742. The smallest absolute Gasteiger partial charge is 0.255 e. The van der Waals surface area contributed by atoms with E-state index in [0.717, 1.165) is 34.9 Å². The highest BCUT2D eigenvalue weighted by molar-refractivity contribution is 6.06. The van der Waals surface area contributed by atoms with Gasteiger partial charge < -0.3 is 21.3 Å². The summed E-state index contributed by atoms with van der Waals surface area (Å²) < 4.78 is 0. The Morgan fingerprint density at radius 2 is 1.66 bits per heavy atom. The molecule has 4 aromatic carbocycles. The Kier molecular flexibility index (Phi) is 7.27. The molecule has 5 rings (SSSR count). The first-order chi connectivity index (χ1) is 18.5. The van der Waals surface area contributed by atoms with Crippen LogP contribution in [0.2, 0.25) is 0 Å². The van der Waals surface area contributed by atoms with Crippen LogP contribution in [0.15, 0.2) is 115 Å². The van der Waals surface area contributed by atoms with Crippen LogP contribution in [0, 0.1) is 0 Å². The molecule has 7 heteroatoms. The van der Waals surface area contributed by atoms with Gasteiger partial charge in [0.1, 0.15) is 0 Å². The summed E-state index contributed by atoms with van der Waals surface area (Å²) in [5.41, 5.74) is 13.4. The van der Waals surface area contributed by atoms with Crippen LogP contribution in [0.3, 0.4) is 0 Å². The molecule has 0 atom stereocenters. The molecule has 0 aliphatic rings. The number of hydrogen-bond acceptors (Lipinski definition) is 6. The first-order valence-corrected chi connectivity index (χ1v) is 12.3. The van der Waals surface area contributed by atoms with E-state index in [1.807, 2.05) is 98.0 Å². The first-order valence-electron chi connectivity index (χ1n) is 12.3. The van der Waals surface area contributed by atoms with Crippen molar-refractivity contribution in [2.24, 2.45) is 0 Å². The molecular formula is C31H28N6O. The van der Waals surface area contributed by atoms with Crippen molar-refractivity contribution in [2.45, 2.75) is 6.54 Å². The molecule has 0 aliphatic heterocycles. The van der Waals surface area contributed by atoms with E-state index >= 15 is 0 Å². The van der Waals surface area contributed by atoms with Crippen molar-refractivity contribution in [3.8, 4) is 11.3 Å². The second kappa shape index (κ2) is 11.3. The molecule has 0 radical (unpaired) electrons. The van der Waals surface area contributed by atoms with Gasteiger partial charge in [0.15, 0.2) is 0 Å². The minimum Gasteiger partial charge on any atom is -0.397 e. The number of carbonyl (C=O) groups excluding carboxylic acids is 1. The molecule has 0 saturated heterocycles. The molecule has 5 aromatic rings. The number of carbonyl (C=O) groups is 1. The van der Waals surface area contributed by atoms with E-state index in [1.165, 1.54) is 5.56 Å². The monoisotopic (exact) mass is 500 g/mol. The summed E-state index contributed by atoms with van der Waals surface area (Å²) in [4.78, 5) is 15.2. The molecule has 0 fully saturated rings. The Morgan fingerprint density at radius 1 is 0.842 bits per heavy atom. The molecule has 1 aromatic heterocycles. The fourth-order valence-electron chi connectivity index (χ4n) is 4.12. The van der Waals surface area contributed by atoms with Gasteiger partial charge in [-0.1, -0.05) is 48.5 Å². The maximum absolute atomic E-state index is 13.1. The van der Waals surface area contributed by atoms with E-state index in [-0.39, 0.29) is 5.91 Å². The SMILES string of the molecule is CN(Cc1ccccc1)c1ccc(N)c(NC(=O)c2cccc(Nc3ccc(-c4cccnn4)cc3)c2)c1. The van der Waals surface area contributed by atoms with Crippen molar-refractivity contribution in [1.29, 1.82) is 0 Å². The minimum absolute atomic E-state index is 0.235. The van der Waals surface area contributed by atoms with Gasteiger partial charge in [-0.15, -0.1) is 0 Å². The summed E-state index contributed by atoms with van der Waals surface area (Å²) in [5.74, 6) is -0.235. The van der Waals surface area contributed by atoms with E-state index in [4.69, 9.17) is 5.73 Å². The lowest BCUT2D eigenvalue weighted by atomic mass is 10.1. The van der Waals surface area contributed by atoms with Crippen LogP contribution in [-0.2, 0) is 6.54 Å². The van der Waals surface area contributed by atoms with Crippen molar-refractivity contribution in [3.63, 3.8) is 0 Å². The molecule has 188 valence electrons. The number of benzene rings is 4. The third kappa shape index (κ3) is 5.96. The van der Waals surface area contributed by atoms with Crippen LogP contribution < -0.4 is 21.3 Å². The van der Waals surface area contributed by atoms with Gasteiger partial charge in [-0.25, -0.2) is 0 Å². The van der Waals surface area contributed by atoms with Gasteiger partial charge in [0.25, 0.3) is 5.91 Å². The predicted octanol–water partition coefficient (Wildman–Crippen LogP) is 6.36. The van der Waals surface area contributed by atoms with Gasteiger partial charge in [0, 0.05) is 48.0 Å². The van der Waals surface area contributed by atoms with Gasteiger partial charge >= 0.3 is 0 Å². The van der Waals surface area contributed by atoms with E-state index in [9.17, 15) is 4.79 Å². The van der Waals surface area contributed by atoms with Gasteiger partial charge in [-0.3, -0.25) is 4.79 Å². The van der Waals surface area contributed by atoms with Crippen molar-refractivity contribution in [2.75, 3.05) is 28.3 Å². The molecular weight excluding hydrogens is 472 g/mol. The molecule has 38 heavy (non-hydrogen) atoms. The highest BCUT2D eigenvalue weighted by atomic mass is 16.1.